The number of esters is 1. The van der Waals surface area contributed by atoms with E-state index in [-0.39, 0.29) is 12.2 Å². The maximum Gasteiger partial charge on any atom is 0.311 e. The molecule has 3 aromatic rings. The Hall–Kier alpha value is -3.41. The van der Waals surface area contributed by atoms with Gasteiger partial charge in [0.15, 0.2) is 11.9 Å². The third-order valence-electron chi connectivity index (χ3n) is 4.82. The fourth-order valence-electron chi connectivity index (χ4n) is 2.98. The van der Waals surface area contributed by atoms with Crippen LogP contribution in [0.5, 0.6) is 0 Å². The van der Waals surface area contributed by atoms with Crippen LogP contribution in [0, 0.1) is 13.8 Å². The van der Waals surface area contributed by atoms with Gasteiger partial charge in [0.25, 0.3) is 5.91 Å². The van der Waals surface area contributed by atoms with Gasteiger partial charge in [-0.05, 0) is 63.1 Å². The summed E-state index contributed by atoms with van der Waals surface area (Å²) in [6, 6.07) is 10.5. The summed E-state index contributed by atoms with van der Waals surface area (Å²) in [4.78, 5) is 36.1. The molecule has 1 heterocycles. The fourth-order valence-corrected chi connectivity index (χ4v) is 2.98. The van der Waals surface area contributed by atoms with Crippen LogP contribution in [0.2, 0.25) is 0 Å². The van der Waals surface area contributed by atoms with E-state index in [1.165, 1.54) is 13.8 Å². The monoisotopic (exact) mass is 393 g/mol. The summed E-state index contributed by atoms with van der Waals surface area (Å²) >= 11 is 0. The highest BCUT2D eigenvalue weighted by Gasteiger charge is 2.20. The Labute approximate surface area is 168 Å². The summed E-state index contributed by atoms with van der Waals surface area (Å²) in [6.45, 7) is 6.95. The first-order valence-electron chi connectivity index (χ1n) is 9.33. The molecular weight excluding hydrogens is 370 g/mol. The number of rotatable bonds is 6. The number of ketones is 1. The molecule has 6 nitrogen and oxygen atoms in total. The van der Waals surface area contributed by atoms with Gasteiger partial charge in [-0.25, -0.2) is 0 Å². The molecule has 0 unspecified atom stereocenters. The van der Waals surface area contributed by atoms with E-state index in [0.29, 0.717) is 16.8 Å². The number of hydrogen-bond donors (Lipinski definition) is 1. The van der Waals surface area contributed by atoms with Gasteiger partial charge in [-0.1, -0.05) is 12.1 Å². The summed E-state index contributed by atoms with van der Waals surface area (Å²) in [7, 11) is 0. The lowest BCUT2D eigenvalue weighted by Crippen LogP contribution is -2.30. The van der Waals surface area contributed by atoms with Crippen molar-refractivity contribution in [3.05, 3.63) is 64.9 Å². The smallest absolute Gasteiger partial charge is 0.311 e. The highest BCUT2D eigenvalue weighted by molar-refractivity contribution is 5.98. The quantitative estimate of drug-likeness (QED) is 0.497. The van der Waals surface area contributed by atoms with Crippen molar-refractivity contribution >= 4 is 34.3 Å². The van der Waals surface area contributed by atoms with E-state index >= 15 is 0 Å². The molecule has 2 aromatic carbocycles. The van der Waals surface area contributed by atoms with Crippen LogP contribution in [0.25, 0.3) is 11.0 Å². The lowest BCUT2D eigenvalue weighted by Gasteiger charge is -2.14. The number of carbonyl (C=O) groups is 3. The minimum absolute atomic E-state index is 0.00689. The molecule has 0 fully saturated rings. The predicted octanol–water partition coefficient (Wildman–Crippen LogP) is 4.37. The number of amides is 1. The third-order valence-corrected chi connectivity index (χ3v) is 4.82. The van der Waals surface area contributed by atoms with Crippen molar-refractivity contribution in [3.63, 3.8) is 0 Å². The lowest BCUT2D eigenvalue weighted by atomic mass is 10.0. The summed E-state index contributed by atoms with van der Waals surface area (Å²) in [5, 5.41) is 3.52. The molecular formula is C23H23NO5. The zero-order valence-electron chi connectivity index (χ0n) is 16.9. The van der Waals surface area contributed by atoms with Gasteiger partial charge in [0.2, 0.25) is 0 Å². The molecule has 3 rings (SSSR count). The normalized spacial score (nSPS) is 11.9. The van der Waals surface area contributed by atoms with E-state index < -0.39 is 18.0 Å². The van der Waals surface area contributed by atoms with Crippen molar-refractivity contribution in [1.29, 1.82) is 0 Å². The molecule has 1 atom stereocenters. The molecule has 1 aromatic heterocycles. The maximum absolute atomic E-state index is 12.3. The molecule has 0 saturated carbocycles. The highest BCUT2D eigenvalue weighted by Crippen LogP contribution is 2.25. The van der Waals surface area contributed by atoms with Gasteiger partial charge in [0, 0.05) is 22.2 Å². The first kappa shape index (κ1) is 20.3. The second-order valence-electron chi connectivity index (χ2n) is 7.13. The molecule has 0 saturated heterocycles. The second-order valence-corrected chi connectivity index (χ2v) is 7.13. The van der Waals surface area contributed by atoms with Crippen molar-refractivity contribution in [2.45, 2.75) is 40.2 Å². The Bertz CT molecular complexity index is 1100. The third kappa shape index (κ3) is 4.71. The molecule has 0 aliphatic carbocycles. The van der Waals surface area contributed by atoms with Gasteiger partial charge < -0.3 is 14.5 Å². The molecule has 0 aliphatic rings. The average Bonchev–Trinajstić information content (AvgIpc) is 3.03. The first-order chi connectivity index (χ1) is 13.7. The van der Waals surface area contributed by atoms with Crippen molar-refractivity contribution in [2.75, 3.05) is 5.32 Å². The Morgan fingerprint density at radius 2 is 1.83 bits per heavy atom. The summed E-state index contributed by atoms with van der Waals surface area (Å²) in [5.41, 5.74) is 4.61. The second kappa shape index (κ2) is 8.31. The molecule has 0 spiro atoms. The molecule has 150 valence electrons. The van der Waals surface area contributed by atoms with Crippen LogP contribution in [0.3, 0.4) is 0 Å². The molecule has 6 heteroatoms. The maximum atomic E-state index is 12.3. The van der Waals surface area contributed by atoms with Gasteiger partial charge in [-0.2, -0.15) is 0 Å². The van der Waals surface area contributed by atoms with E-state index in [1.807, 2.05) is 26.0 Å². The van der Waals surface area contributed by atoms with Crippen LogP contribution in [-0.4, -0.2) is 23.8 Å². The molecule has 0 radical (unpaired) electrons. The topological polar surface area (TPSA) is 85.6 Å². The largest absolute Gasteiger partial charge is 0.464 e. The van der Waals surface area contributed by atoms with Gasteiger partial charge in [-0.15, -0.1) is 0 Å². The minimum Gasteiger partial charge on any atom is -0.464 e. The molecule has 0 aliphatic heterocycles. The number of aryl methyl sites for hydroxylation is 2. The highest BCUT2D eigenvalue weighted by atomic mass is 16.5. The predicted molar refractivity (Wildman–Crippen MR) is 110 cm³/mol. The molecule has 1 amide bonds. The number of ether oxygens (including phenoxy) is 1. The summed E-state index contributed by atoms with van der Waals surface area (Å²) in [6.07, 6.45) is 0.570. The average molecular weight is 393 g/mol. The number of furan rings is 1. The van der Waals surface area contributed by atoms with E-state index in [0.717, 1.165) is 22.1 Å². The zero-order valence-corrected chi connectivity index (χ0v) is 16.9. The number of carbonyl (C=O) groups excluding carboxylic acids is 3. The van der Waals surface area contributed by atoms with Crippen LogP contribution in [0.1, 0.15) is 40.9 Å². The van der Waals surface area contributed by atoms with Crippen molar-refractivity contribution in [3.8, 4) is 0 Å². The molecule has 29 heavy (non-hydrogen) atoms. The van der Waals surface area contributed by atoms with E-state index in [2.05, 4.69) is 5.32 Å². The van der Waals surface area contributed by atoms with Crippen LogP contribution >= 0.6 is 0 Å². The zero-order chi connectivity index (χ0) is 21.1. The Morgan fingerprint density at radius 1 is 1.10 bits per heavy atom. The Balaban J connectivity index is 1.63. The van der Waals surface area contributed by atoms with Gasteiger partial charge >= 0.3 is 5.97 Å². The van der Waals surface area contributed by atoms with Crippen molar-refractivity contribution in [1.82, 2.24) is 0 Å². The Morgan fingerprint density at radius 3 is 2.55 bits per heavy atom. The Kier molecular flexibility index (Phi) is 5.82. The first-order valence-corrected chi connectivity index (χ1v) is 9.33. The van der Waals surface area contributed by atoms with Crippen LogP contribution < -0.4 is 5.32 Å². The fraction of sp³-hybridized carbons (Fsp3) is 0.261. The SMILES string of the molecule is CC(=O)c1cccc(NC(=O)[C@@H](C)OC(=O)Cc2coc3cc(C)c(C)cc23)c1. The molecule has 0 bridgehead atoms. The number of hydrogen-bond acceptors (Lipinski definition) is 5. The number of nitrogens with one attached hydrogen (secondary N) is 1. The van der Waals surface area contributed by atoms with E-state index in [4.69, 9.17) is 9.15 Å². The minimum atomic E-state index is -0.981. The van der Waals surface area contributed by atoms with Crippen molar-refractivity contribution in [2.24, 2.45) is 0 Å². The number of Topliss-reactive ketones (excluding diaryl/α,β-unsaturated/α-hetero) is 1. The van der Waals surface area contributed by atoms with E-state index in [9.17, 15) is 14.4 Å². The van der Waals surface area contributed by atoms with Crippen LogP contribution in [0.4, 0.5) is 5.69 Å². The molecule has 1 N–H and O–H groups in total. The van der Waals surface area contributed by atoms with Gasteiger partial charge in [-0.3, -0.25) is 14.4 Å². The van der Waals surface area contributed by atoms with Crippen LogP contribution in [-0.2, 0) is 20.7 Å². The lowest BCUT2D eigenvalue weighted by molar-refractivity contribution is -0.152. The van der Waals surface area contributed by atoms with Gasteiger partial charge in [0.1, 0.15) is 5.58 Å². The number of anilines is 1. The summed E-state index contributed by atoms with van der Waals surface area (Å²) < 4.78 is 10.8. The van der Waals surface area contributed by atoms with Crippen LogP contribution in [0.15, 0.2) is 47.1 Å². The number of benzene rings is 2. The van der Waals surface area contributed by atoms with E-state index in [1.54, 1.807) is 30.5 Å². The van der Waals surface area contributed by atoms with Crippen molar-refractivity contribution < 1.29 is 23.5 Å². The number of fused-ring (bicyclic) bond motifs is 1. The van der Waals surface area contributed by atoms with Gasteiger partial charge in [0.05, 0.1) is 12.7 Å². The summed E-state index contributed by atoms with van der Waals surface area (Å²) in [5.74, 6) is -1.09. The standard InChI is InChI=1S/C23H23NO5/c1-13-8-20-18(12-28-21(20)9-14(13)2)11-22(26)29-16(4)23(27)24-19-7-5-6-17(10-19)15(3)25/h5-10,12,16H,11H2,1-4H3,(H,24,27)/t16-/m1/s1.